The van der Waals surface area contributed by atoms with Gasteiger partial charge in [0.2, 0.25) is 0 Å². The minimum atomic E-state index is -4.19. The first-order chi connectivity index (χ1) is 20.2. The molecular formula is C28H31FN6O5S2. The van der Waals surface area contributed by atoms with E-state index in [1.807, 2.05) is 6.07 Å². The predicted octanol–water partition coefficient (Wildman–Crippen LogP) is 4.25. The maximum Gasteiger partial charge on any atom is 0.326 e. The molecule has 0 aliphatic carbocycles. The van der Waals surface area contributed by atoms with Gasteiger partial charge in [-0.25, -0.2) is 23.4 Å². The van der Waals surface area contributed by atoms with Crippen LogP contribution in [0.15, 0.2) is 48.9 Å². The highest BCUT2D eigenvalue weighted by Gasteiger charge is 2.31. The molecule has 5 heterocycles. The summed E-state index contributed by atoms with van der Waals surface area (Å²) in [5.74, 6) is -0.489. The van der Waals surface area contributed by atoms with Crippen LogP contribution in [-0.4, -0.2) is 61.6 Å². The van der Waals surface area contributed by atoms with Crippen molar-refractivity contribution in [1.29, 1.82) is 0 Å². The van der Waals surface area contributed by atoms with Gasteiger partial charge in [0.05, 0.1) is 42.3 Å². The van der Waals surface area contributed by atoms with Gasteiger partial charge in [0, 0.05) is 38.2 Å². The number of carbonyl (C=O) groups excluding carboxylic acids is 1. The second-order valence-corrected chi connectivity index (χ2v) is 13.3. The average Bonchev–Trinajstić information content (AvgIpc) is 3.73. The number of fused-ring (bicyclic) bond motifs is 1. The van der Waals surface area contributed by atoms with Crippen LogP contribution in [0.5, 0.6) is 5.75 Å². The number of carbonyl (C=O) groups is 1. The molecule has 0 unspecified atom stereocenters. The Kier molecular flexibility index (Phi) is 7.77. The van der Waals surface area contributed by atoms with Crippen molar-refractivity contribution in [3.8, 4) is 5.75 Å². The average molecular weight is 615 g/mol. The number of pyridine rings is 1. The van der Waals surface area contributed by atoms with Crippen LogP contribution in [-0.2, 0) is 14.9 Å². The van der Waals surface area contributed by atoms with Crippen molar-refractivity contribution in [1.82, 2.24) is 19.1 Å². The molecule has 2 aliphatic rings. The molecule has 1 aromatic carbocycles. The molecule has 1 atom stereocenters. The summed E-state index contributed by atoms with van der Waals surface area (Å²) in [5.41, 5.74) is 2.11. The van der Waals surface area contributed by atoms with E-state index in [-0.39, 0.29) is 23.7 Å². The van der Waals surface area contributed by atoms with E-state index in [0.717, 1.165) is 41.2 Å². The molecule has 4 aromatic rings. The van der Waals surface area contributed by atoms with Crippen LogP contribution in [0.25, 0.3) is 5.65 Å². The summed E-state index contributed by atoms with van der Waals surface area (Å²) >= 11 is 1.20. The van der Waals surface area contributed by atoms with Crippen molar-refractivity contribution in [3.63, 3.8) is 0 Å². The first kappa shape index (κ1) is 28.4. The molecular weight excluding hydrogens is 583 g/mol. The second-order valence-electron chi connectivity index (χ2n) is 10.3. The van der Waals surface area contributed by atoms with E-state index >= 15 is 0 Å². The number of thiazole rings is 1. The molecule has 1 N–H and O–H groups in total. The number of amides is 1. The zero-order valence-electron chi connectivity index (χ0n) is 23.2. The Bertz CT molecular complexity index is 1720. The van der Waals surface area contributed by atoms with Gasteiger partial charge >= 0.3 is 10.2 Å². The fourth-order valence-electron chi connectivity index (χ4n) is 5.42. The number of hydrogen-bond acceptors (Lipinski definition) is 9. The number of rotatable bonds is 8. The second kappa shape index (κ2) is 11.5. The fourth-order valence-corrected chi connectivity index (χ4v) is 7.23. The zero-order valence-corrected chi connectivity index (χ0v) is 24.8. The Morgan fingerprint density at radius 3 is 2.74 bits per heavy atom. The summed E-state index contributed by atoms with van der Waals surface area (Å²) in [6.07, 6.45) is 7.79. The lowest BCUT2D eigenvalue weighted by atomic mass is 10.0. The van der Waals surface area contributed by atoms with Crippen LogP contribution in [0.4, 0.5) is 15.1 Å². The number of halogens is 1. The van der Waals surface area contributed by atoms with Crippen LogP contribution < -0.4 is 18.7 Å². The standard InChI is InChI=1S/C28H31FN6O5S2/c1-18-30-16-27(41-18)33(2)42(37,38)32-28(36)24-15-31-26-8-6-20(17-35(24)26)34-11-3-4-23(34)22-14-19(29)5-7-25(22)40-21-9-12-39-13-10-21/h5-8,14-17,21,23H,3-4,9-13H2,1-2H3,(H,32,36)/t23-/m1/s1. The number of aromatic nitrogens is 3. The van der Waals surface area contributed by atoms with Crippen LogP contribution in [0, 0.1) is 12.7 Å². The van der Waals surface area contributed by atoms with E-state index in [0.29, 0.717) is 41.2 Å². The lowest BCUT2D eigenvalue weighted by molar-refractivity contribution is 0.0250. The third kappa shape index (κ3) is 5.65. The van der Waals surface area contributed by atoms with Gasteiger partial charge in [0.25, 0.3) is 5.91 Å². The summed E-state index contributed by atoms with van der Waals surface area (Å²) in [4.78, 5) is 23.7. The minimum absolute atomic E-state index is 0.0108. The van der Waals surface area contributed by atoms with Crippen molar-refractivity contribution in [3.05, 3.63) is 71.0 Å². The maximum atomic E-state index is 14.5. The van der Waals surface area contributed by atoms with Crippen molar-refractivity contribution in [2.24, 2.45) is 0 Å². The summed E-state index contributed by atoms with van der Waals surface area (Å²) in [6, 6.07) is 8.18. The molecule has 2 fully saturated rings. The molecule has 14 heteroatoms. The molecule has 6 rings (SSSR count). The largest absolute Gasteiger partial charge is 0.490 e. The van der Waals surface area contributed by atoms with Gasteiger partial charge in [0.1, 0.15) is 34.0 Å². The van der Waals surface area contributed by atoms with Crippen LogP contribution in [0.2, 0.25) is 0 Å². The van der Waals surface area contributed by atoms with Crippen LogP contribution >= 0.6 is 11.3 Å². The van der Waals surface area contributed by atoms with Crippen LogP contribution in [0.1, 0.15) is 52.8 Å². The number of aryl methyl sites for hydroxylation is 1. The lowest BCUT2D eigenvalue weighted by Crippen LogP contribution is -2.41. The number of hydrogen-bond donors (Lipinski definition) is 1. The normalized spacial score (nSPS) is 18.0. The lowest BCUT2D eigenvalue weighted by Gasteiger charge is -2.30. The van der Waals surface area contributed by atoms with E-state index < -0.39 is 16.1 Å². The van der Waals surface area contributed by atoms with Gasteiger partial charge in [-0.2, -0.15) is 8.42 Å². The molecule has 2 aliphatic heterocycles. The third-order valence-corrected chi connectivity index (χ3v) is 10.1. The van der Waals surface area contributed by atoms with Crippen LogP contribution in [0.3, 0.4) is 0 Å². The summed E-state index contributed by atoms with van der Waals surface area (Å²) < 4.78 is 56.9. The number of benzene rings is 1. The maximum absolute atomic E-state index is 14.5. The Labute approximate surface area is 247 Å². The van der Waals surface area contributed by atoms with E-state index in [1.54, 1.807) is 29.7 Å². The van der Waals surface area contributed by atoms with Crippen molar-refractivity contribution < 1.29 is 27.1 Å². The summed E-state index contributed by atoms with van der Waals surface area (Å²) in [5, 5.41) is 1.08. The summed E-state index contributed by atoms with van der Waals surface area (Å²) in [7, 11) is -2.83. The van der Waals surface area contributed by atoms with Crippen molar-refractivity contribution >= 4 is 43.8 Å². The highest BCUT2D eigenvalue weighted by molar-refractivity contribution is 7.91. The third-order valence-electron chi connectivity index (χ3n) is 7.60. The smallest absolute Gasteiger partial charge is 0.326 e. The number of nitrogens with one attached hydrogen (secondary N) is 1. The van der Waals surface area contributed by atoms with Gasteiger partial charge in [0.15, 0.2) is 0 Å². The molecule has 0 saturated carbocycles. The van der Waals surface area contributed by atoms with E-state index in [2.05, 4.69) is 19.6 Å². The fraction of sp³-hybridized carbons (Fsp3) is 0.393. The molecule has 0 bridgehead atoms. The zero-order chi connectivity index (χ0) is 29.4. The molecule has 1 amide bonds. The Balaban J connectivity index is 1.27. The minimum Gasteiger partial charge on any atom is -0.490 e. The molecule has 222 valence electrons. The molecule has 2 saturated heterocycles. The first-order valence-corrected chi connectivity index (χ1v) is 16.0. The predicted molar refractivity (Wildman–Crippen MR) is 157 cm³/mol. The molecule has 42 heavy (non-hydrogen) atoms. The number of imidazole rings is 1. The van der Waals surface area contributed by atoms with Crippen molar-refractivity contribution in [2.45, 2.75) is 44.8 Å². The molecule has 0 radical (unpaired) electrons. The van der Waals surface area contributed by atoms with E-state index in [9.17, 15) is 17.6 Å². The van der Waals surface area contributed by atoms with E-state index in [1.165, 1.54) is 42.9 Å². The highest BCUT2D eigenvalue weighted by atomic mass is 32.2. The molecule has 0 spiro atoms. The number of anilines is 2. The van der Waals surface area contributed by atoms with Gasteiger partial charge in [-0.05, 0) is 50.1 Å². The summed E-state index contributed by atoms with van der Waals surface area (Å²) in [6.45, 7) is 3.76. The van der Waals surface area contributed by atoms with Crippen molar-refractivity contribution in [2.75, 3.05) is 36.0 Å². The topological polar surface area (TPSA) is 118 Å². The quantitative estimate of drug-likeness (QED) is 0.313. The van der Waals surface area contributed by atoms with Gasteiger partial charge in [-0.3, -0.25) is 9.20 Å². The number of ether oxygens (including phenoxy) is 2. The Hall–Kier alpha value is -3.75. The molecule has 11 nitrogen and oxygen atoms in total. The van der Waals surface area contributed by atoms with Gasteiger partial charge in [-0.15, -0.1) is 11.3 Å². The van der Waals surface area contributed by atoms with E-state index in [4.69, 9.17) is 9.47 Å². The highest BCUT2D eigenvalue weighted by Crippen LogP contribution is 2.41. The monoisotopic (exact) mass is 614 g/mol. The Morgan fingerprint density at radius 1 is 1.17 bits per heavy atom. The van der Waals surface area contributed by atoms with Gasteiger partial charge < -0.3 is 14.4 Å². The number of nitrogens with zero attached hydrogens (tertiary/aromatic N) is 5. The molecule has 3 aromatic heterocycles. The SMILES string of the molecule is Cc1ncc(N(C)S(=O)(=O)NC(=O)c2cnc3ccc(N4CCC[C@@H]4c4cc(F)ccc4OC4CCOCC4)cn23)s1. The first-order valence-electron chi connectivity index (χ1n) is 13.7. The Morgan fingerprint density at radius 2 is 1.98 bits per heavy atom. The van der Waals surface area contributed by atoms with Gasteiger partial charge in [-0.1, -0.05) is 0 Å².